The molecule has 0 aromatic carbocycles. The summed E-state index contributed by atoms with van der Waals surface area (Å²) in [6, 6.07) is -0.00689. The monoisotopic (exact) mass is 235 g/mol. The maximum absolute atomic E-state index is 11.1. The van der Waals surface area contributed by atoms with E-state index in [-0.39, 0.29) is 12.0 Å². The van der Waals surface area contributed by atoms with Gasteiger partial charge in [-0.2, -0.15) is 0 Å². The minimum atomic E-state index is -0.713. The molecule has 1 saturated heterocycles. The van der Waals surface area contributed by atoms with Crippen LogP contribution in [0.4, 0.5) is 5.69 Å². The van der Waals surface area contributed by atoms with Gasteiger partial charge in [0, 0.05) is 12.6 Å². The first-order valence-corrected chi connectivity index (χ1v) is 5.87. The summed E-state index contributed by atoms with van der Waals surface area (Å²) in [5.74, 6) is -0.284. The van der Waals surface area contributed by atoms with Crippen LogP contribution in [0.3, 0.4) is 0 Å². The number of carbonyl (C=O) groups is 1. The third kappa shape index (κ3) is 2.38. The number of carboxylic acids is 1. The van der Waals surface area contributed by atoms with Crippen molar-refractivity contribution in [1.82, 2.24) is 9.97 Å². The average Bonchev–Trinajstić information content (AvgIpc) is 2.30. The first kappa shape index (κ1) is 11.8. The Labute approximate surface area is 100 Å². The molecule has 2 rings (SSSR count). The van der Waals surface area contributed by atoms with Crippen molar-refractivity contribution in [2.45, 2.75) is 32.7 Å². The zero-order valence-electron chi connectivity index (χ0n) is 10.1. The second-order valence-corrected chi connectivity index (χ2v) is 4.51. The number of anilines is 1. The van der Waals surface area contributed by atoms with Gasteiger partial charge in [-0.1, -0.05) is 0 Å². The fraction of sp³-hybridized carbons (Fsp3) is 0.583. The van der Waals surface area contributed by atoms with Crippen LogP contribution in [0.1, 0.15) is 25.6 Å². The van der Waals surface area contributed by atoms with Crippen LogP contribution < -0.4 is 4.90 Å². The Hall–Kier alpha value is -1.65. The largest absolute Gasteiger partial charge is 0.481 e. The second-order valence-electron chi connectivity index (χ2n) is 4.51. The molecule has 0 unspecified atom stereocenters. The third-order valence-electron chi connectivity index (χ3n) is 3.40. The lowest BCUT2D eigenvalue weighted by Gasteiger charge is -2.38. The van der Waals surface area contributed by atoms with Gasteiger partial charge in [0.25, 0.3) is 0 Å². The number of rotatable bonds is 2. The highest BCUT2D eigenvalue weighted by Crippen LogP contribution is 2.27. The third-order valence-corrected chi connectivity index (χ3v) is 3.40. The molecule has 0 spiro atoms. The minimum absolute atomic E-state index is 0.00689. The lowest BCUT2D eigenvalue weighted by atomic mass is 9.90. The van der Waals surface area contributed by atoms with Gasteiger partial charge in [-0.15, -0.1) is 0 Å². The van der Waals surface area contributed by atoms with E-state index in [1.807, 2.05) is 13.8 Å². The van der Waals surface area contributed by atoms with Crippen molar-refractivity contribution >= 4 is 11.7 Å². The highest BCUT2D eigenvalue weighted by Gasteiger charge is 2.33. The van der Waals surface area contributed by atoms with Crippen molar-refractivity contribution in [1.29, 1.82) is 0 Å². The fourth-order valence-corrected chi connectivity index (χ4v) is 2.37. The SMILES string of the molecule is Cc1ncc(N2CCC[C@H](C(=O)O)[C@H]2C)cn1. The Morgan fingerprint density at radius 1 is 1.47 bits per heavy atom. The Morgan fingerprint density at radius 2 is 2.12 bits per heavy atom. The normalized spacial score (nSPS) is 24.7. The topological polar surface area (TPSA) is 66.3 Å². The van der Waals surface area contributed by atoms with Crippen molar-refractivity contribution < 1.29 is 9.90 Å². The summed E-state index contributed by atoms with van der Waals surface area (Å²) in [4.78, 5) is 21.5. The molecule has 1 aliphatic rings. The molecule has 1 aromatic rings. The summed E-state index contributed by atoms with van der Waals surface area (Å²) in [7, 11) is 0. The van der Waals surface area contributed by atoms with Gasteiger partial charge in [0.2, 0.25) is 0 Å². The molecule has 0 radical (unpaired) electrons. The number of nitrogens with zero attached hydrogens (tertiary/aromatic N) is 3. The van der Waals surface area contributed by atoms with Crippen molar-refractivity contribution in [2.75, 3.05) is 11.4 Å². The molecule has 2 atom stereocenters. The van der Waals surface area contributed by atoms with E-state index < -0.39 is 5.97 Å². The van der Waals surface area contributed by atoms with Gasteiger partial charge >= 0.3 is 5.97 Å². The van der Waals surface area contributed by atoms with Crippen LogP contribution in [-0.2, 0) is 4.79 Å². The predicted octanol–water partition coefficient (Wildman–Crippen LogP) is 1.47. The Morgan fingerprint density at radius 3 is 2.71 bits per heavy atom. The van der Waals surface area contributed by atoms with Gasteiger partial charge in [-0.3, -0.25) is 4.79 Å². The lowest BCUT2D eigenvalue weighted by Crippen LogP contribution is -2.46. The Balaban J connectivity index is 2.20. The molecular formula is C12H17N3O2. The molecule has 1 aliphatic heterocycles. The molecule has 5 nitrogen and oxygen atoms in total. The van der Waals surface area contributed by atoms with E-state index in [4.69, 9.17) is 5.11 Å². The highest BCUT2D eigenvalue weighted by atomic mass is 16.4. The molecule has 1 aromatic heterocycles. The van der Waals surface area contributed by atoms with Crippen LogP contribution in [-0.4, -0.2) is 33.6 Å². The van der Waals surface area contributed by atoms with Gasteiger partial charge in [-0.05, 0) is 26.7 Å². The summed E-state index contributed by atoms with van der Waals surface area (Å²) in [6.45, 7) is 4.67. The first-order valence-electron chi connectivity index (χ1n) is 5.87. The molecule has 1 N–H and O–H groups in total. The number of aliphatic carboxylic acids is 1. The summed E-state index contributed by atoms with van der Waals surface area (Å²) in [5.41, 5.74) is 0.911. The maximum Gasteiger partial charge on any atom is 0.308 e. The van der Waals surface area contributed by atoms with Crippen LogP contribution in [0, 0.1) is 12.8 Å². The Bertz CT molecular complexity index is 405. The van der Waals surface area contributed by atoms with Crippen molar-refractivity contribution in [3.8, 4) is 0 Å². The van der Waals surface area contributed by atoms with Gasteiger partial charge in [0.05, 0.1) is 24.0 Å². The number of aromatic nitrogens is 2. The van der Waals surface area contributed by atoms with Crippen LogP contribution >= 0.6 is 0 Å². The smallest absolute Gasteiger partial charge is 0.308 e. The van der Waals surface area contributed by atoms with Crippen LogP contribution in [0.2, 0.25) is 0 Å². The van der Waals surface area contributed by atoms with Gasteiger partial charge < -0.3 is 10.0 Å². The molecule has 0 bridgehead atoms. The molecular weight excluding hydrogens is 218 g/mol. The van der Waals surface area contributed by atoms with E-state index in [1.165, 1.54) is 0 Å². The molecule has 0 aliphatic carbocycles. The molecule has 5 heteroatoms. The quantitative estimate of drug-likeness (QED) is 0.841. The van der Waals surface area contributed by atoms with Crippen molar-refractivity contribution in [2.24, 2.45) is 5.92 Å². The summed E-state index contributed by atoms with van der Waals surface area (Å²) in [5, 5.41) is 9.16. The molecule has 1 fully saturated rings. The molecule has 0 amide bonds. The molecule has 0 saturated carbocycles. The number of hydrogen-bond donors (Lipinski definition) is 1. The van der Waals surface area contributed by atoms with E-state index in [1.54, 1.807) is 12.4 Å². The van der Waals surface area contributed by atoms with E-state index in [2.05, 4.69) is 14.9 Å². The van der Waals surface area contributed by atoms with Crippen LogP contribution in [0.5, 0.6) is 0 Å². The number of piperidine rings is 1. The van der Waals surface area contributed by atoms with Gasteiger partial charge in [-0.25, -0.2) is 9.97 Å². The number of carboxylic acid groups (broad SMARTS) is 1. The second kappa shape index (κ2) is 4.69. The first-order chi connectivity index (χ1) is 8.09. The molecule has 17 heavy (non-hydrogen) atoms. The fourth-order valence-electron chi connectivity index (χ4n) is 2.37. The maximum atomic E-state index is 11.1. The highest BCUT2D eigenvalue weighted by molar-refractivity contribution is 5.72. The summed E-state index contributed by atoms with van der Waals surface area (Å²) in [6.07, 6.45) is 5.18. The number of hydrogen-bond acceptors (Lipinski definition) is 4. The zero-order chi connectivity index (χ0) is 12.4. The average molecular weight is 235 g/mol. The van der Waals surface area contributed by atoms with E-state index in [0.717, 1.165) is 30.9 Å². The minimum Gasteiger partial charge on any atom is -0.481 e. The van der Waals surface area contributed by atoms with Gasteiger partial charge in [0.15, 0.2) is 0 Å². The number of aryl methyl sites for hydroxylation is 1. The Kier molecular flexibility index (Phi) is 3.26. The predicted molar refractivity (Wildman–Crippen MR) is 63.9 cm³/mol. The van der Waals surface area contributed by atoms with E-state index in [0.29, 0.717) is 0 Å². The molecule has 2 heterocycles. The summed E-state index contributed by atoms with van der Waals surface area (Å²) < 4.78 is 0. The van der Waals surface area contributed by atoms with Crippen LogP contribution in [0.25, 0.3) is 0 Å². The van der Waals surface area contributed by atoms with Crippen molar-refractivity contribution in [3.63, 3.8) is 0 Å². The standard InChI is InChI=1S/C12H17N3O2/c1-8-11(12(16)17)4-3-5-15(8)10-6-13-9(2)14-7-10/h6-8,11H,3-5H2,1-2H3,(H,16,17)/t8-,11+/m1/s1. The lowest BCUT2D eigenvalue weighted by molar-refractivity contribution is -0.143. The van der Waals surface area contributed by atoms with E-state index >= 15 is 0 Å². The zero-order valence-corrected chi connectivity index (χ0v) is 10.1. The van der Waals surface area contributed by atoms with Crippen LogP contribution in [0.15, 0.2) is 12.4 Å². The molecule has 92 valence electrons. The van der Waals surface area contributed by atoms with Crippen molar-refractivity contribution in [3.05, 3.63) is 18.2 Å². The summed E-state index contributed by atoms with van der Waals surface area (Å²) >= 11 is 0. The van der Waals surface area contributed by atoms with Gasteiger partial charge in [0.1, 0.15) is 5.82 Å². The van der Waals surface area contributed by atoms with E-state index in [9.17, 15) is 4.79 Å².